The zero-order valence-electron chi connectivity index (χ0n) is 32.2. The van der Waals surface area contributed by atoms with E-state index in [1.807, 2.05) is 18.2 Å². The van der Waals surface area contributed by atoms with Crippen LogP contribution in [0.4, 0.5) is 0 Å². The van der Waals surface area contributed by atoms with Crippen molar-refractivity contribution in [3.63, 3.8) is 0 Å². The number of esters is 3. The third-order valence-corrected chi connectivity index (χ3v) is 9.22. The second kappa shape index (κ2) is 32.6. The van der Waals surface area contributed by atoms with Gasteiger partial charge in [-0.05, 0) is 57.8 Å². The molecule has 0 unspecified atom stereocenters. The van der Waals surface area contributed by atoms with Gasteiger partial charge in [-0.1, -0.05) is 118 Å². The largest absolute Gasteiger partial charge is 0.475 e. The predicted molar refractivity (Wildman–Crippen MR) is 200 cm³/mol. The number of carbonyl (C=O) groups is 3. The smallest absolute Gasteiger partial charge is 0.460 e. The number of phosphoric acid groups is 1. The van der Waals surface area contributed by atoms with Crippen LogP contribution in [-0.4, -0.2) is 57.5 Å². The Hall–Kier alpha value is -2.26. The molecule has 0 aromatic rings. The van der Waals surface area contributed by atoms with Crippen LogP contribution >= 0.6 is 7.82 Å². The van der Waals surface area contributed by atoms with E-state index in [-0.39, 0.29) is 39.6 Å². The van der Waals surface area contributed by atoms with Crippen molar-refractivity contribution in [1.29, 1.82) is 0 Å². The lowest BCUT2D eigenvalue weighted by molar-refractivity contribution is -0.140. The molecule has 290 valence electrons. The Labute approximate surface area is 303 Å². The summed E-state index contributed by atoms with van der Waals surface area (Å²) in [6.45, 7) is 11.2. The first-order chi connectivity index (χ1) is 24.2. The van der Waals surface area contributed by atoms with E-state index in [0.29, 0.717) is 36.0 Å². The van der Waals surface area contributed by atoms with Crippen molar-refractivity contribution in [3.8, 4) is 0 Å². The SMILES string of the molecule is CCCC/C=C(\CCCC)C(=O)OCCOP(=O)(OCCOC(=O)/C(=C/CCCC)CCCC)OCCOC(=O)/C(=C/CCCC)CCCC. The molecule has 10 nitrogen and oxygen atoms in total. The monoisotopic (exact) mass is 728 g/mol. The molecular weight excluding hydrogens is 659 g/mol. The summed E-state index contributed by atoms with van der Waals surface area (Å²) in [7, 11) is -4.21. The zero-order valence-corrected chi connectivity index (χ0v) is 33.1. The van der Waals surface area contributed by atoms with Crippen molar-refractivity contribution in [1.82, 2.24) is 0 Å². The van der Waals surface area contributed by atoms with Gasteiger partial charge in [-0.3, -0.25) is 13.6 Å². The quantitative estimate of drug-likeness (QED) is 0.0212. The summed E-state index contributed by atoms with van der Waals surface area (Å²) in [4.78, 5) is 38.2. The number of hydrogen-bond acceptors (Lipinski definition) is 10. The van der Waals surface area contributed by atoms with Crippen molar-refractivity contribution in [2.24, 2.45) is 0 Å². The minimum atomic E-state index is -4.21. The average molecular weight is 729 g/mol. The molecule has 0 aliphatic carbocycles. The van der Waals surface area contributed by atoms with E-state index in [9.17, 15) is 18.9 Å². The average Bonchev–Trinajstić information content (AvgIpc) is 3.11. The van der Waals surface area contributed by atoms with Gasteiger partial charge >= 0.3 is 25.7 Å². The summed E-state index contributed by atoms with van der Waals surface area (Å²) < 4.78 is 46.3. The van der Waals surface area contributed by atoms with E-state index in [4.69, 9.17) is 27.8 Å². The highest BCUT2D eigenvalue weighted by Crippen LogP contribution is 2.49. The maximum Gasteiger partial charge on any atom is 0.475 e. The van der Waals surface area contributed by atoms with Crippen LogP contribution in [0, 0.1) is 0 Å². The van der Waals surface area contributed by atoms with Crippen molar-refractivity contribution in [3.05, 3.63) is 34.9 Å². The summed E-state index contributed by atoms with van der Waals surface area (Å²) in [5.74, 6) is -1.28. The second-order valence-corrected chi connectivity index (χ2v) is 13.9. The summed E-state index contributed by atoms with van der Waals surface area (Å²) in [6, 6.07) is 0. The molecule has 0 spiro atoms. The third-order valence-electron chi connectivity index (χ3n) is 7.73. The Morgan fingerprint density at radius 3 is 0.920 bits per heavy atom. The lowest BCUT2D eigenvalue weighted by Crippen LogP contribution is -2.17. The Balaban J connectivity index is 5.38. The van der Waals surface area contributed by atoms with Gasteiger partial charge in [-0.25, -0.2) is 18.9 Å². The highest BCUT2D eigenvalue weighted by molar-refractivity contribution is 7.48. The van der Waals surface area contributed by atoms with Crippen LogP contribution in [0.15, 0.2) is 34.9 Å². The van der Waals surface area contributed by atoms with Crippen LogP contribution < -0.4 is 0 Å². The first-order valence-electron chi connectivity index (χ1n) is 19.3. The van der Waals surface area contributed by atoms with Gasteiger partial charge in [0, 0.05) is 16.7 Å². The molecule has 0 fully saturated rings. The normalized spacial score (nSPS) is 12.6. The minimum Gasteiger partial charge on any atom is -0.460 e. The maximum atomic E-state index is 13.6. The number of allylic oxidation sites excluding steroid dienone is 3. The molecule has 0 atom stereocenters. The molecule has 0 N–H and O–H groups in total. The summed E-state index contributed by atoms with van der Waals surface area (Å²) in [6.07, 6.45) is 21.6. The van der Waals surface area contributed by atoms with Crippen molar-refractivity contribution in [2.75, 3.05) is 39.6 Å². The fourth-order valence-corrected chi connectivity index (χ4v) is 5.76. The predicted octanol–water partition coefficient (Wildman–Crippen LogP) is 10.7. The van der Waals surface area contributed by atoms with Gasteiger partial charge in [0.05, 0.1) is 19.8 Å². The molecule has 0 saturated heterocycles. The van der Waals surface area contributed by atoms with Gasteiger partial charge in [0.25, 0.3) is 0 Å². The van der Waals surface area contributed by atoms with Crippen LogP contribution in [0.3, 0.4) is 0 Å². The number of carbonyl (C=O) groups excluding carboxylic acids is 3. The molecule has 0 aromatic heterocycles. The van der Waals surface area contributed by atoms with Crippen LogP contribution in [-0.2, 0) is 46.7 Å². The topological polar surface area (TPSA) is 124 Å². The first kappa shape index (κ1) is 47.7. The lowest BCUT2D eigenvalue weighted by Gasteiger charge is -2.18. The van der Waals surface area contributed by atoms with Gasteiger partial charge in [-0.2, -0.15) is 0 Å². The van der Waals surface area contributed by atoms with Crippen LogP contribution in [0.5, 0.6) is 0 Å². The molecule has 0 aromatic carbocycles. The standard InChI is InChI=1S/C39H69O10P/c1-7-13-19-25-34(22-16-10-4)37(40)44-28-31-47-50(43,48-32-29-45-38(41)35(23-17-11-5)26-20-14-8-2)49-33-30-46-39(42)36(24-18-12-6)27-21-15-9-3/h25-27H,7-24,28-33H2,1-6H3/b34-25+,35-26+,36-27+. The lowest BCUT2D eigenvalue weighted by atomic mass is 10.1. The van der Waals surface area contributed by atoms with Crippen molar-refractivity contribution < 1.29 is 46.7 Å². The van der Waals surface area contributed by atoms with Gasteiger partial charge < -0.3 is 14.2 Å². The maximum absolute atomic E-state index is 13.6. The molecule has 0 bridgehead atoms. The Kier molecular flexibility index (Phi) is 31.2. The second-order valence-electron chi connectivity index (χ2n) is 12.3. The molecule has 0 heterocycles. The van der Waals surface area contributed by atoms with Gasteiger partial charge in [0.15, 0.2) is 0 Å². The summed E-state index contributed by atoms with van der Waals surface area (Å²) >= 11 is 0. The number of rotatable bonds is 33. The van der Waals surface area contributed by atoms with E-state index in [0.717, 1.165) is 96.3 Å². The van der Waals surface area contributed by atoms with Gasteiger partial charge in [-0.15, -0.1) is 0 Å². The fraction of sp³-hybridized carbons (Fsp3) is 0.769. The molecule has 50 heavy (non-hydrogen) atoms. The Morgan fingerprint density at radius 1 is 0.420 bits per heavy atom. The molecular formula is C39H69O10P. The molecule has 0 amide bonds. The fourth-order valence-electron chi connectivity index (χ4n) is 4.65. The molecule has 0 aliphatic rings. The molecule has 11 heteroatoms. The first-order valence-corrected chi connectivity index (χ1v) is 20.8. The van der Waals surface area contributed by atoms with E-state index < -0.39 is 25.7 Å². The third kappa shape index (κ3) is 24.8. The highest BCUT2D eigenvalue weighted by atomic mass is 31.2. The summed E-state index contributed by atoms with van der Waals surface area (Å²) in [5.41, 5.74) is 1.89. The van der Waals surface area contributed by atoms with Crippen LogP contribution in [0.1, 0.15) is 157 Å². The van der Waals surface area contributed by atoms with Gasteiger partial charge in [0.2, 0.25) is 0 Å². The number of phosphoric ester groups is 1. The van der Waals surface area contributed by atoms with Crippen molar-refractivity contribution >= 4 is 25.7 Å². The molecule has 0 aliphatic heterocycles. The van der Waals surface area contributed by atoms with E-state index in [2.05, 4.69) is 41.5 Å². The molecule has 0 saturated carbocycles. The highest BCUT2D eigenvalue weighted by Gasteiger charge is 2.28. The van der Waals surface area contributed by atoms with Gasteiger partial charge in [0.1, 0.15) is 19.8 Å². The molecule has 0 rings (SSSR count). The Bertz CT molecular complexity index is 921. The van der Waals surface area contributed by atoms with E-state index >= 15 is 0 Å². The number of unbranched alkanes of at least 4 members (excludes halogenated alkanes) is 9. The van der Waals surface area contributed by atoms with E-state index in [1.54, 1.807) is 0 Å². The van der Waals surface area contributed by atoms with Crippen LogP contribution in [0.25, 0.3) is 0 Å². The Morgan fingerprint density at radius 2 is 0.680 bits per heavy atom. The number of hydrogen-bond donors (Lipinski definition) is 0. The van der Waals surface area contributed by atoms with E-state index in [1.165, 1.54) is 0 Å². The summed E-state index contributed by atoms with van der Waals surface area (Å²) in [5, 5.41) is 0. The van der Waals surface area contributed by atoms with Crippen LogP contribution in [0.2, 0.25) is 0 Å². The van der Waals surface area contributed by atoms with Crippen molar-refractivity contribution in [2.45, 2.75) is 157 Å². The number of ether oxygens (including phenoxy) is 3. The minimum absolute atomic E-state index is 0.163. The zero-order chi connectivity index (χ0) is 37.3. The molecule has 0 radical (unpaired) electrons.